The second-order valence-electron chi connectivity index (χ2n) is 3.89. The fourth-order valence-corrected chi connectivity index (χ4v) is 1.93. The Labute approximate surface area is 80.0 Å². The van der Waals surface area contributed by atoms with Crippen molar-refractivity contribution in [1.29, 1.82) is 0 Å². The number of hydrogen-bond acceptors (Lipinski definition) is 3. The lowest BCUT2D eigenvalue weighted by molar-refractivity contribution is -0.294. The van der Waals surface area contributed by atoms with Gasteiger partial charge in [-0.1, -0.05) is 6.42 Å². The van der Waals surface area contributed by atoms with E-state index in [-0.39, 0.29) is 6.29 Å². The maximum Gasteiger partial charge on any atom is 0.177 e. The molecule has 0 spiro atoms. The van der Waals surface area contributed by atoms with Crippen molar-refractivity contribution < 1.29 is 9.57 Å². The molecule has 2 rings (SSSR count). The van der Waals surface area contributed by atoms with Crippen LogP contribution < -0.4 is 0 Å². The van der Waals surface area contributed by atoms with E-state index in [1.807, 2.05) is 0 Å². The van der Waals surface area contributed by atoms with Crippen LogP contribution in [0.3, 0.4) is 0 Å². The average Bonchev–Trinajstić information content (AvgIpc) is 2.21. The van der Waals surface area contributed by atoms with E-state index in [0.717, 1.165) is 26.1 Å². The fourth-order valence-electron chi connectivity index (χ4n) is 1.93. The third-order valence-corrected chi connectivity index (χ3v) is 2.72. The van der Waals surface area contributed by atoms with Crippen LogP contribution in [0.4, 0.5) is 0 Å². The first-order chi connectivity index (χ1) is 6.45. The van der Waals surface area contributed by atoms with Crippen molar-refractivity contribution in [2.75, 3.05) is 19.7 Å². The molecule has 0 aromatic carbocycles. The summed E-state index contributed by atoms with van der Waals surface area (Å²) in [4.78, 5) is 5.74. The molecule has 3 heteroatoms. The van der Waals surface area contributed by atoms with E-state index >= 15 is 0 Å². The largest absolute Gasteiger partial charge is 0.351 e. The topological polar surface area (TPSA) is 21.7 Å². The Morgan fingerprint density at radius 1 is 1.00 bits per heavy atom. The molecule has 0 N–H and O–H groups in total. The van der Waals surface area contributed by atoms with Gasteiger partial charge < -0.3 is 4.74 Å². The van der Waals surface area contributed by atoms with E-state index < -0.39 is 0 Å². The van der Waals surface area contributed by atoms with E-state index in [0.29, 0.717) is 0 Å². The number of piperidine rings is 1. The van der Waals surface area contributed by atoms with Crippen LogP contribution in [0.2, 0.25) is 0 Å². The maximum absolute atomic E-state index is 5.74. The Morgan fingerprint density at radius 3 is 2.54 bits per heavy atom. The van der Waals surface area contributed by atoms with Gasteiger partial charge in [-0.2, -0.15) is 5.06 Å². The quantitative estimate of drug-likeness (QED) is 0.656. The normalized spacial score (nSPS) is 31.8. The van der Waals surface area contributed by atoms with Gasteiger partial charge in [-0.25, -0.2) is 0 Å². The highest BCUT2D eigenvalue weighted by molar-refractivity contribution is 4.59. The molecule has 0 saturated carbocycles. The summed E-state index contributed by atoms with van der Waals surface area (Å²) in [6.07, 6.45) is 7.45. The summed E-state index contributed by atoms with van der Waals surface area (Å²) >= 11 is 0. The molecule has 2 aliphatic rings. The van der Waals surface area contributed by atoms with E-state index in [1.165, 1.54) is 32.1 Å². The van der Waals surface area contributed by atoms with Crippen molar-refractivity contribution in [2.24, 2.45) is 0 Å². The highest BCUT2D eigenvalue weighted by Crippen LogP contribution is 2.17. The molecule has 2 heterocycles. The molecule has 2 fully saturated rings. The monoisotopic (exact) mass is 185 g/mol. The van der Waals surface area contributed by atoms with Crippen molar-refractivity contribution >= 4 is 0 Å². The first-order valence-electron chi connectivity index (χ1n) is 5.48. The molecule has 0 amide bonds. The van der Waals surface area contributed by atoms with Gasteiger partial charge in [0.25, 0.3) is 0 Å². The molecule has 0 aromatic rings. The lowest BCUT2D eigenvalue weighted by Crippen LogP contribution is -2.36. The molecule has 1 unspecified atom stereocenters. The van der Waals surface area contributed by atoms with E-state index in [1.54, 1.807) is 0 Å². The van der Waals surface area contributed by atoms with E-state index in [2.05, 4.69) is 5.06 Å². The highest BCUT2D eigenvalue weighted by Gasteiger charge is 2.19. The molecule has 0 aliphatic carbocycles. The Kier molecular flexibility index (Phi) is 3.58. The minimum absolute atomic E-state index is 0.0480. The molecular formula is C10H19NO2. The van der Waals surface area contributed by atoms with Gasteiger partial charge in [-0.05, 0) is 25.7 Å². The van der Waals surface area contributed by atoms with Gasteiger partial charge in [0, 0.05) is 26.1 Å². The first kappa shape index (κ1) is 9.44. The summed E-state index contributed by atoms with van der Waals surface area (Å²) in [5.74, 6) is 0. The van der Waals surface area contributed by atoms with Crippen LogP contribution in [0.5, 0.6) is 0 Å². The van der Waals surface area contributed by atoms with Gasteiger partial charge in [-0.15, -0.1) is 0 Å². The smallest absolute Gasteiger partial charge is 0.177 e. The second-order valence-corrected chi connectivity index (χ2v) is 3.89. The molecule has 0 radical (unpaired) electrons. The van der Waals surface area contributed by atoms with Gasteiger partial charge in [0.15, 0.2) is 6.29 Å². The summed E-state index contributed by atoms with van der Waals surface area (Å²) in [5.41, 5.74) is 0. The number of hydrogen-bond donors (Lipinski definition) is 0. The standard InChI is InChI=1S/C10H19NO2/c1-3-7-11(8-4-1)13-10-6-2-5-9-12-10/h10H,1-9H2. The summed E-state index contributed by atoms with van der Waals surface area (Å²) in [6.45, 7) is 3.04. The first-order valence-corrected chi connectivity index (χ1v) is 5.48. The molecule has 0 bridgehead atoms. The van der Waals surface area contributed by atoms with E-state index in [9.17, 15) is 0 Å². The third-order valence-electron chi connectivity index (χ3n) is 2.72. The molecule has 76 valence electrons. The van der Waals surface area contributed by atoms with Crippen LogP contribution in [-0.2, 0) is 9.57 Å². The molecule has 1 atom stereocenters. The van der Waals surface area contributed by atoms with Crippen LogP contribution in [0, 0.1) is 0 Å². The third kappa shape index (κ3) is 2.93. The Hall–Kier alpha value is -0.120. The zero-order valence-electron chi connectivity index (χ0n) is 8.21. The number of rotatable bonds is 2. The van der Waals surface area contributed by atoms with Gasteiger partial charge >= 0.3 is 0 Å². The predicted molar refractivity (Wildman–Crippen MR) is 50.1 cm³/mol. The Bertz CT molecular complexity index is 124. The van der Waals surface area contributed by atoms with Crippen LogP contribution in [-0.4, -0.2) is 31.0 Å². The predicted octanol–water partition coefficient (Wildman–Crippen LogP) is 1.93. The van der Waals surface area contributed by atoms with Crippen LogP contribution in [0.15, 0.2) is 0 Å². The number of nitrogens with zero attached hydrogens (tertiary/aromatic N) is 1. The molecule has 3 nitrogen and oxygen atoms in total. The van der Waals surface area contributed by atoms with Gasteiger partial charge in [-0.3, -0.25) is 4.84 Å². The van der Waals surface area contributed by atoms with Gasteiger partial charge in [0.1, 0.15) is 0 Å². The van der Waals surface area contributed by atoms with Crippen molar-refractivity contribution in [2.45, 2.75) is 44.8 Å². The summed E-state index contributed by atoms with van der Waals surface area (Å²) in [6, 6.07) is 0. The lowest BCUT2D eigenvalue weighted by atomic mass is 10.2. The maximum atomic E-state index is 5.74. The average molecular weight is 185 g/mol. The molecule has 13 heavy (non-hydrogen) atoms. The molecule has 2 saturated heterocycles. The zero-order chi connectivity index (χ0) is 8.93. The van der Waals surface area contributed by atoms with Crippen LogP contribution >= 0.6 is 0 Å². The van der Waals surface area contributed by atoms with Crippen molar-refractivity contribution in [3.63, 3.8) is 0 Å². The Balaban J connectivity index is 1.69. The lowest BCUT2D eigenvalue weighted by Gasteiger charge is -2.31. The van der Waals surface area contributed by atoms with Crippen LogP contribution in [0.25, 0.3) is 0 Å². The van der Waals surface area contributed by atoms with Crippen molar-refractivity contribution in [1.82, 2.24) is 5.06 Å². The van der Waals surface area contributed by atoms with Crippen molar-refractivity contribution in [3.05, 3.63) is 0 Å². The number of hydroxylamine groups is 2. The minimum Gasteiger partial charge on any atom is -0.351 e. The summed E-state index contributed by atoms with van der Waals surface area (Å²) in [5, 5.41) is 2.08. The Morgan fingerprint density at radius 2 is 1.85 bits per heavy atom. The van der Waals surface area contributed by atoms with E-state index in [4.69, 9.17) is 9.57 Å². The summed E-state index contributed by atoms with van der Waals surface area (Å²) in [7, 11) is 0. The van der Waals surface area contributed by atoms with Crippen LogP contribution in [0.1, 0.15) is 38.5 Å². The molecular weight excluding hydrogens is 166 g/mol. The SMILES string of the molecule is C1CCN(OC2CCCCO2)CC1. The minimum atomic E-state index is 0.0480. The highest BCUT2D eigenvalue weighted by atomic mass is 16.8. The zero-order valence-corrected chi connectivity index (χ0v) is 8.21. The fraction of sp³-hybridized carbons (Fsp3) is 1.00. The summed E-state index contributed by atoms with van der Waals surface area (Å²) < 4.78 is 5.52. The molecule has 0 aromatic heterocycles. The second kappa shape index (κ2) is 4.94. The molecule has 2 aliphatic heterocycles. The van der Waals surface area contributed by atoms with Gasteiger partial charge in [0.2, 0.25) is 0 Å². The van der Waals surface area contributed by atoms with Gasteiger partial charge in [0.05, 0.1) is 0 Å². The van der Waals surface area contributed by atoms with Crippen molar-refractivity contribution in [3.8, 4) is 0 Å². The number of ether oxygens (including phenoxy) is 1.